The smallest absolute Gasteiger partial charge is 0.150 e. The van der Waals surface area contributed by atoms with Gasteiger partial charge in [0.25, 0.3) is 0 Å². The molecule has 0 saturated heterocycles. The predicted octanol–water partition coefficient (Wildman–Crippen LogP) is 1.88. The van der Waals surface area contributed by atoms with Crippen LogP contribution in [0.4, 0.5) is 0 Å². The van der Waals surface area contributed by atoms with Gasteiger partial charge in [-0.15, -0.1) is 12.6 Å². The Hall–Kier alpha value is -0.280. The Kier molecular flexibility index (Phi) is 1.70. The lowest BCUT2D eigenvalue weighted by Crippen LogP contribution is -1.78. The Morgan fingerprint density at radius 2 is 2.50 bits per heavy atom. The van der Waals surface area contributed by atoms with Crippen LogP contribution in [0.3, 0.4) is 0 Å². The maximum Gasteiger partial charge on any atom is 0.150 e. The van der Waals surface area contributed by atoms with E-state index in [0.29, 0.717) is 9.96 Å². The first kappa shape index (κ1) is 5.85. The summed E-state index contributed by atoms with van der Waals surface area (Å²) < 4.78 is 5.37. The van der Waals surface area contributed by atoms with Crippen LogP contribution < -0.4 is 0 Å². The Labute approximate surface area is 58.1 Å². The van der Waals surface area contributed by atoms with Gasteiger partial charge in [-0.1, -0.05) is 12.2 Å². The summed E-state index contributed by atoms with van der Waals surface area (Å²) in [5.41, 5.74) is 0. The van der Waals surface area contributed by atoms with Crippen molar-refractivity contribution in [1.82, 2.24) is 0 Å². The standard InChI is InChI=1S/C5H4OS2/c7-5(8)4-2-1-3-6-4/h1-3H,(H,7,8). The lowest BCUT2D eigenvalue weighted by molar-refractivity contribution is 0.561. The lowest BCUT2D eigenvalue weighted by atomic mass is 10.5. The van der Waals surface area contributed by atoms with Crippen molar-refractivity contribution >= 4 is 29.0 Å². The maximum atomic E-state index is 4.88. The first-order valence-corrected chi connectivity index (χ1v) is 2.93. The molecule has 1 rings (SSSR count). The second kappa shape index (κ2) is 2.33. The summed E-state index contributed by atoms with van der Waals surface area (Å²) in [4.78, 5) is 0. The number of hydrogen-bond acceptors (Lipinski definition) is 2. The first-order valence-electron chi connectivity index (χ1n) is 2.07. The van der Waals surface area contributed by atoms with Gasteiger partial charge in [-0.3, -0.25) is 0 Å². The Morgan fingerprint density at radius 1 is 1.75 bits per heavy atom. The minimum atomic E-state index is 0.495. The number of thiocarbonyl (C=S) groups is 1. The van der Waals surface area contributed by atoms with Crippen LogP contribution in [-0.2, 0) is 0 Å². The van der Waals surface area contributed by atoms with Gasteiger partial charge < -0.3 is 4.42 Å². The molecule has 0 aliphatic rings. The fraction of sp³-hybridized carbons (Fsp3) is 0. The average Bonchev–Trinajstić information content (AvgIpc) is 2.12. The summed E-state index contributed by atoms with van der Waals surface area (Å²) in [7, 11) is 0. The van der Waals surface area contributed by atoms with Gasteiger partial charge in [0.15, 0.2) is 5.76 Å². The largest absolute Gasteiger partial charge is 0.463 e. The van der Waals surface area contributed by atoms with E-state index in [1.54, 1.807) is 18.4 Å². The van der Waals surface area contributed by atoms with E-state index in [1.165, 1.54) is 0 Å². The SMILES string of the molecule is S=C(S)c1ccco1. The number of thiol groups is 1. The van der Waals surface area contributed by atoms with Crippen LogP contribution in [0.15, 0.2) is 22.8 Å². The van der Waals surface area contributed by atoms with Gasteiger partial charge >= 0.3 is 0 Å². The molecule has 0 spiro atoms. The third-order valence-corrected chi connectivity index (χ3v) is 1.15. The van der Waals surface area contributed by atoms with E-state index in [1.807, 2.05) is 0 Å². The Morgan fingerprint density at radius 3 is 2.75 bits per heavy atom. The molecule has 0 bridgehead atoms. The van der Waals surface area contributed by atoms with E-state index >= 15 is 0 Å². The highest BCUT2D eigenvalue weighted by atomic mass is 32.1. The molecular formula is C5H4OS2. The number of rotatable bonds is 1. The first-order chi connectivity index (χ1) is 3.80. The molecule has 0 aromatic carbocycles. The van der Waals surface area contributed by atoms with Crippen LogP contribution in [0, 0.1) is 0 Å². The molecule has 0 atom stereocenters. The van der Waals surface area contributed by atoms with Crippen molar-refractivity contribution in [3.63, 3.8) is 0 Å². The molecule has 1 nitrogen and oxygen atoms in total. The van der Waals surface area contributed by atoms with Crippen LogP contribution >= 0.6 is 24.8 Å². The van der Waals surface area contributed by atoms with Gasteiger partial charge in [-0.05, 0) is 12.1 Å². The topological polar surface area (TPSA) is 13.1 Å². The third kappa shape index (κ3) is 1.11. The Balaban J connectivity index is 2.93. The maximum absolute atomic E-state index is 4.88. The summed E-state index contributed by atoms with van der Waals surface area (Å²) >= 11 is 8.58. The van der Waals surface area contributed by atoms with Crippen LogP contribution in [0.5, 0.6) is 0 Å². The van der Waals surface area contributed by atoms with Crippen molar-refractivity contribution in [1.29, 1.82) is 0 Å². The minimum Gasteiger partial charge on any atom is -0.463 e. The second-order valence-electron chi connectivity index (χ2n) is 1.28. The molecular weight excluding hydrogens is 140 g/mol. The van der Waals surface area contributed by atoms with E-state index < -0.39 is 0 Å². The normalized spacial score (nSPS) is 9.12. The molecule has 0 radical (unpaired) electrons. The fourth-order valence-electron chi connectivity index (χ4n) is 0.400. The van der Waals surface area contributed by atoms with E-state index in [0.717, 1.165) is 0 Å². The quantitative estimate of drug-likeness (QED) is 0.477. The zero-order chi connectivity index (χ0) is 5.98. The monoisotopic (exact) mass is 144 g/mol. The van der Waals surface area contributed by atoms with Gasteiger partial charge in [-0.25, -0.2) is 0 Å². The highest BCUT2D eigenvalue weighted by molar-refractivity contribution is 8.11. The number of furan rings is 1. The molecule has 0 aliphatic carbocycles. The average molecular weight is 144 g/mol. The zero-order valence-corrected chi connectivity index (χ0v) is 5.71. The second-order valence-corrected chi connectivity index (χ2v) is 2.44. The van der Waals surface area contributed by atoms with Crippen molar-refractivity contribution in [2.45, 2.75) is 0 Å². The van der Waals surface area contributed by atoms with E-state index in [-0.39, 0.29) is 0 Å². The molecule has 0 fully saturated rings. The lowest BCUT2D eigenvalue weighted by Gasteiger charge is -1.82. The van der Waals surface area contributed by atoms with Crippen LogP contribution in [0.1, 0.15) is 5.76 Å². The minimum absolute atomic E-state index is 0.495. The molecule has 0 N–H and O–H groups in total. The summed E-state index contributed by atoms with van der Waals surface area (Å²) in [6.45, 7) is 0. The fourth-order valence-corrected chi connectivity index (χ4v) is 0.644. The molecule has 0 unspecified atom stereocenters. The van der Waals surface area contributed by atoms with Gasteiger partial charge in [0.1, 0.15) is 4.20 Å². The van der Waals surface area contributed by atoms with Gasteiger partial charge in [0.2, 0.25) is 0 Å². The van der Waals surface area contributed by atoms with Crippen molar-refractivity contribution < 1.29 is 4.42 Å². The van der Waals surface area contributed by atoms with Crippen molar-refractivity contribution in [2.24, 2.45) is 0 Å². The highest BCUT2D eigenvalue weighted by Gasteiger charge is 1.94. The molecule has 42 valence electrons. The third-order valence-electron chi connectivity index (χ3n) is 0.732. The summed E-state index contributed by atoms with van der Waals surface area (Å²) in [5.74, 6) is 0.656. The van der Waals surface area contributed by atoms with E-state index in [4.69, 9.17) is 4.42 Å². The molecule has 0 aliphatic heterocycles. The van der Waals surface area contributed by atoms with Gasteiger partial charge in [-0.2, -0.15) is 0 Å². The molecule has 1 heterocycles. The zero-order valence-electron chi connectivity index (χ0n) is 4.00. The molecule has 8 heavy (non-hydrogen) atoms. The summed E-state index contributed by atoms with van der Waals surface area (Å²) in [5, 5.41) is 0. The van der Waals surface area contributed by atoms with Gasteiger partial charge in [0.05, 0.1) is 6.26 Å². The van der Waals surface area contributed by atoms with Crippen LogP contribution in [0.25, 0.3) is 0 Å². The number of hydrogen-bond donors (Lipinski definition) is 1. The highest BCUT2D eigenvalue weighted by Crippen LogP contribution is 2.03. The molecule has 1 aromatic heterocycles. The van der Waals surface area contributed by atoms with E-state index in [9.17, 15) is 0 Å². The Bertz CT molecular complexity index is 178. The molecule has 3 heteroatoms. The van der Waals surface area contributed by atoms with Crippen LogP contribution in [0.2, 0.25) is 0 Å². The molecule has 0 saturated carbocycles. The molecule has 0 amide bonds. The summed E-state index contributed by atoms with van der Waals surface area (Å²) in [6.07, 6.45) is 1.57. The van der Waals surface area contributed by atoms with Crippen molar-refractivity contribution in [2.75, 3.05) is 0 Å². The molecule has 1 aromatic rings. The van der Waals surface area contributed by atoms with Crippen molar-refractivity contribution in [3.8, 4) is 0 Å². The van der Waals surface area contributed by atoms with Crippen LogP contribution in [-0.4, -0.2) is 4.20 Å². The van der Waals surface area contributed by atoms with Gasteiger partial charge in [0, 0.05) is 0 Å². The predicted molar refractivity (Wildman–Crippen MR) is 39.4 cm³/mol. The van der Waals surface area contributed by atoms with Crippen molar-refractivity contribution in [3.05, 3.63) is 24.2 Å². The summed E-state index contributed by atoms with van der Waals surface area (Å²) in [6, 6.07) is 3.55. The van der Waals surface area contributed by atoms with E-state index in [2.05, 4.69) is 24.8 Å².